The quantitative estimate of drug-likeness (QED) is 0.607. The van der Waals surface area contributed by atoms with Crippen molar-refractivity contribution < 1.29 is 19.5 Å². The van der Waals surface area contributed by atoms with Crippen LogP contribution in [-0.2, 0) is 0 Å². The number of hydrogen-bond acceptors (Lipinski definition) is 3. The number of nitrogens with one attached hydrogen (secondary N) is 1. The molecule has 1 aromatic rings. The van der Waals surface area contributed by atoms with Gasteiger partial charge in [0.15, 0.2) is 5.75 Å². The molecule has 0 spiro atoms. The number of aromatic carboxylic acids is 1. The molecule has 0 aliphatic heterocycles. The Hall–Kier alpha value is -2.24. The molecule has 6 nitrogen and oxygen atoms in total. The van der Waals surface area contributed by atoms with E-state index >= 15 is 0 Å². The number of carboxylic acid groups (broad SMARTS) is 1. The predicted octanol–water partition coefficient (Wildman–Crippen LogP) is 0.347. The van der Waals surface area contributed by atoms with Crippen LogP contribution in [0.1, 0.15) is 10.4 Å². The maximum absolute atomic E-state index is 10.6. The van der Waals surface area contributed by atoms with E-state index in [0.29, 0.717) is 0 Å². The summed E-state index contributed by atoms with van der Waals surface area (Å²) in [5.41, 5.74) is 6.52. The monoisotopic (exact) mass is 196 g/mol. The lowest BCUT2D eigenvalue weighted by molar-refractivity contribution is 0.0688. The molecule has 0 unspecified atom stereocenters. The molecule has 0 bridgehead atoms. The minimum absolute atomic E-state index is 0.0267. The summed E-state index contributed by atoms with van der Waals surface area (Å²) < 4.78 is 0. The smallest absolute Gasteiger partial charge is 0.345 e. The topological polar surface area (TPSA) is 102 Å². The van der Waals surface area contributed by atoms with Crippen LogP contribution in [0.2, 0.25) is 0 Å². The van der Waals surface area contributed by atoms with Crippen molar-refractivity contribution in [2.45, 2.75) is 0 Å². The molecule has 0 heterocycles. The number of benzene rings is 1. The van der Waals surface area contributed by atoms with Gasteiger partial charge in [-0.2, -0.15) is 5.48 Å². The average molecular weight is 196 g/mol. The molecule has 74 valence electrons. The number of primary amides is 1. The van der Waals surface area contributed by atoms with Gasteiger partial charge in [0.2, 0.25) is 0 Å². The van der Waals surface area contributed by atoms with E-state index in [1.807, 2.05) is 5.48 Å². The molecule has 1 rings (SSSR count). The van der Waals surface area contributed by atoms with Gasteiger partial charge in [0.05, 0.1) is 0 Å². The van der Waals surface area contributed by atoms with Gasteiger partial charge in [-0.1, -0.05) is 12.1 Å². The second-order valence-corrected chi connectivity index (χ2v) is 2.37. The van der Waals surface area contributed by atoms with Crippen LogP contribution in [0.5, 0.6) is 5.75 Å². The summed E-state index contributed by atoms with van der Waals surface area (Å²) in [6, 6.07) is 4.97. The van der Waals surface area contributed by atoms with Crippen molar-refractivity contribution in [3.63, 3.8) is 0 Å². The highest BCUT2D eigenvalue weighted by molar-refractivity contribution is 5.90. The number of para-hydroxylation sites is 1. The third-order valence-corrected chi connectivity index (χ3v) is 1.38. The van der Waals surface area contributed by atoms with Crippen molar-refractivity contribution in [1.29, 1.82) is 0 Å². The molecule has 14 heavy (non-hydrogen) atoms. The molecule has 0 saturated heterocycles. The van der Waals surface area contributed by atoms with E-state index in [1.165, 1.54) is 12.1 Å². The van der Waals surface area contributed by atoms with Crippen LogP contribution in [-0.4, -0.2) is 17.1 Å². The van der Waals surface area contributed by atoms with Gasteiger partial charge in [-0.25, -0.2) is 9.59 Å². The first-order valence-corrected chi connectivity index (χ1v) is 3.66. The van der Waals surface area contributed by atoms with Crippen LogP contribution in [0, 0.1) is 0 Å². The highest BCUT2D eigenvalue weighted by atomic mass is 16.7. The zero-order valence-electron chi connectivity index (χ0n) is 7.06. The lowest BCUT2D eigenvalue weighted by atomic mass is 10.2. The second-order valence-electron chi connectivity index (χ2n) is 2.37. The summed E-state index contributed by atoms with van der Waals surface area (Å²) in [5, 5.41) is 8.71. The Balaban J connectivity index is 2.84. The molecule has 1 aromatic carbocycles. The van der Waals surface area contributed by atoms with Gasteiger partial charge in [-0.15, -0.1) is 0 Å². The van der Waals surface area contributed by atoms with Gasteiger partial charge in [-0.05, 0) is 12.1 Å². The largest absolute Gasteiger partial charge is 0.478 e. The average Bonchev–Trinajstić information content (AvgIpc) is 2.15. The number of carbonyl (C=O) groups excluding carboxylic acids is 1. The number of rotatable bonds is 3. The molecule has 0 saturated carbocycles. The van der Waals surface area contributed by atoms with Crippen molar-refractivity contribution in [1.82, 2.24) is 5.48 Å². The van der Waals surface area contributed by atoms with E-state index in [0.717, 1.165) is 0 Å². The lowest BCUT2D eigenvalue weighted by Gasteiger charge is -2.06. The Kier molecular flexibility index (Phi) is 2.90. The fourth-order valence-corrected chi connectivity index (χ4v) is 0.838. The number of amides is 2. The number of hydroxylamine groups is 1. The predicted molar refractivity (Wildman–Crippen MR) is 46.7 cm³/mol. The molecule has 2 amide bonds. The third kappa shape index (κ3) is 2.37. The van der Waals surface area contributed by atoms with E-state index in [-0.39, 0.29) is 11.3 Å². The molecule has 0 radical (unpaired) electrons. The van der Waals surface area contributed by atoms with Crippen LogP contribution in [0.4, 0.5) is 4.79 Å². The highest BCUT2D eigenvalue weighted by Gasteiger charge is 2.10. The number of nitrogens with two attached hydrogens (primary N) is 1. The van der Waals surface area contributed by atoms with E-state index in [4.69, 9.17) is 10.8 Å². The summed E-state index contributed by atoms with van der Waals surface area (Å²) in [4.78, 5) is 25.6. The standard InChI is InChI=1S/C8H8N2O4/c9-8(13)10-14-6-4-2-1-3-5(6)7(11)12/h1-4H,(H,11,12)(H3,9,10,13). The Morgan fingerprint density at radius 3 is 2.57 bits per heavy atom. The minimum Gasteiger partial charge on any atom is -0.478 e. The first-order chi connectivity index (χ1) is 6.61. The van der Waals surface area contributed by atoms with E-state index in [1.54, 1.807) is 12.1 Å². The number of carboxylic acids is 1. The number of carbonyl (C=O) groups is 2. The fourth-order valence-electron chi connectivity index (χ4n) is 0.838. The van der Waals surface area contributed by atoms with Crippen molar-refractivity contribution >= 4 is 12.0 Å². The molecule has 6 heteroatoms. The van der Waals surface area contributed by atoms with Crippen LogP contribution < -0.4 is 16.1 Å². The summed E-state index contributed by atoms with van der Waals surface area (Å²) in [7, 11) is 0. The molecule has 4 N–H and O–H groups in total. The SMILES string of the molecule is NC(=O)NOc1ccccc1C(=O)O. The highest BCUT2D eigenvalue weighted by Crippen LogP contribution is 2.16. The molecule has 0 aliphatic carbocycles. The van der Waals surface area contributed by atoms with Crippen LogP contribution in [0.3, 0.4) is 0 Å². The first kappa shape index (κ1) is 9.85. The lowest BCUT2D eigenvalue weighted by Crippen LogP contribution is -2.32. The van der Waals surface area contributed by atoms with Gasteiger partial charge in [-0.3, -0.25) is 0 Å². The van der Waals surface area contributed by atoms with Crippen molar-refractivity contribution in [2.24, 2.45) is 5.73 Å². The first-order valence-electron chi connectivity index (χ1n) is 3.66. The summed E-state index contributed by atoms with van der Waals surface area (Å²) in [6.45, 7) is 0. The van der Waals surface area contributed by atoms with Crippen LogP contribution in [0.15, 0.2) is 24.3 Å². The second kappa shape index (κ2) is 4.13. The number of hydrogen-bond donors (Lipinski definition) is 3. The molecule has 0 aliphatic rings. The molecule has 0 atom stereocenters. The van der Waals surface area contributed by atoms with Gasteiger partial charge >= 0.3 is 12.0 Å². The Bertz CT molecular complexity index is 364. The van der Waals surface area contributed by atoms with Crippen molar-refractivity contribution in [3.8, 4) is 5.75 Å². The zero-order valence-corrected chi connectivity index (χ0v) is 7.06. The maximum Gasteiger partial charge on any atom is 0.345 e. The van der Waals surface area contributed by atoms with E-state index < -0.39 is 12.0 Å². The molecular weight excluding hydrogens is 188 g/mol. The molecular formula is C8H8N2O4. The van der Waals surface area contributed by atoms with Gasteiger partial charge < -0.3 is 15.7 Å². The normalized spacial score (nSPS) is 9.14. The van der Waals surface area contributed by atoms with E-state index in [9.17, 15) is 9.59 Å². The van der Waals surface area contributed by atoms with Crippen molar-refractivity contribution in [3.05, 3.63) is 29.8 Å². The summed E-state index contributed by atoms with van der Waals surface area (Å²) in [5.74, 6) is -1.12. The Morgan fingerprint density at radius 1 is 1.36 bits per heavy atom. The fraction of sp³-hybridized carbons (Fsp3) is 0. The van der Waals surface area contributed by atoms with E-state index in [2.05, 4.69) is 4.84 Å². The van der Waals surface area contributed by atoms with Gasteiger partial charge in [0.25, 0.3) is 0 Å². The maximum atomic E-state index is 10.6. The summed E-state index contributed by atoms with van der Waals surface area (Å²) >= 11 is 0. The van der Waals surface area contributed by atoms with Crippen LogP contribution >= 0.6 is 0 Å². The number of urea groups is 1. The summed E-state index contributed by atoms with van der Waals surface area (Å²) in [6.07, 6.45) is 0. The third-order valence-electron chi connectivity index (χ3n) is 1.38. The van der Waals surface area contributed by atoms with Crippen LogP contribution in [0.25, 0.3) is 0 Å². The molecule has 0 fully saturated rings. The van der Waals surface area contributed by atoms with Gasteiger partial charge in [0.1, 0.15) is 5.56 Å². The van der Waals surface area contributed by atoms with Crippen molar-refractivity contribution in [2.75, 3.05) is 0 Å². The van der Waals surface area contributed by atoms with Gasteiger partial charge in [0, 0.05) is 0 Å². The minimum atomic E-state index is -1.15. The molecule has 0 aromatic heterocycles. The zero-order chi connectivity index (χ0) is 10.6. The Labute approximate surface area is 79.2 Å². The Morgan fingerprint density at radius 2 is 2.00 bits per heavy atom.